The lowest BCUT2D eigenvalue weighted by molar-refractivity contribution is -0.122. The van der Waals surface area contributed by atoms with Gasteiger partial charge in [-0.3, -0.25) is 19.5 Å². The summed E-state index contributed by atoms with van der Waals surface area (Å²) in [4.78, 5) is 36.1. The summed E-state index contributed by atoms with van der Waals surface area (Å²) in [5, 5.41) is 5.89. The maximum Gasteiger partial charge on any atom is 0.273 e. The topological polar surface area (TPSA) is 84.0 Å². The summed E-state index contributed by atoms with van der Waals surface area (Å²) in [6.45, 7) is 3.76. The fraction of sp³-hybridized carbons (Fsp3) is 0.400. The minimum absolute atomic E-state index is 0.0466. The van der Waals surface area contributed by atoms with Crippen LogP contribution in [0.3, 0.4) is 0 Å². The van der Waals surface area contributed by atoms with Crippen LogP contribution >= 0.6 is 0 Å². The van der Waals surface area contributed by atoms with Crippen LogP contribution in [-0.4, -0.2) is 21.7 Å². The Morgan fingerprint density at radius 1 is 1.29 bits per heavy atom. The molecule has 1 unspecified atom stereocenters. The normalized spacial score (nSPS) is 12.3. The lowest BCUT2D eigenvalue weighted by Gasteiger charge is -2.13. The number of benzene rings is 1. The average molecular weight is 289 g/mol. The quantitative estimate of drug-likeness (QED) is 0.861. The highest BCUT2D eigenvalue weighted by Crippen LogP contribution is 2.02. The third-order valence-corrected chi connectivity index (χ3v) is 3.31. The first-order valence-electron chi connectivity index (χ1n) is 7.04. The molecule has 0 spiro atoms. The molecule has 21 heavy (non-hydrogen) atoms. The summed E-state index contributed by atoms with van der Waals surface area (Å²) in [6.07, 6.45) is 1.84. The van der Waals surface area contributed by atoms with Crippen LogP contribution < -0.4 is 16.4 Å². The van der Waals surface area contributed by atoms with Crippen LogP contribution in [0.5, 0.6) is 0 Å². The van der Waals surface area contributed by atoms with Crippen molar-refractivity contribution >= 4 is 16.7 Å². The molecule has 0 aliphatic heterocycles. The van der Waals surface area contributed by atoms with Crippen LogP contribution in [0, 0.1) is 0 Å². The van der Waals surface area contributed by atoms with Gasteiger partial charge in [-0.15, -0.1) is 0 Å². The number of rotatable bonds is 5. The van der Waals surface area contributed by atoms with Crippen molar-refractivity contribution in [1.29, 1.82) is 0 Å². The molecule has 0 saturated carbocycles. The highest BCUT2D eigenvalue weighted by atomic mass is 16.2. The molecule has 1 amide bonds. The molecule has 2 rings (SSSR count). The van der Waals surface area contributed by atoms with Crippen molar-refractivity contribution in [3.8, 4) is 0 Å². The molecule has 6 heteroatoms. The summed E-state index contributed by atoms with van der Waals surface area (Å²) in [5.41, 5.74) is -0.747. The first-order valence-corrected chi connectivity index (χ1v) is 7.04. The number of aromatic nitrogens is 2. The second-order valence-electron chi connectivity index (χ2n) is 5.14. The SMILES string of the molecule is CCCC(C)NC(=O)Cn1[nH]c(=O)c2ccccc2c1=O. The summed E-state index contributed by atoms with van der Waals surface area (Å²) in [7, 11) is 0. The molecule has 0 bridgehead atoms. The number of hydrogen-bond donors (Lipinski definition) is 2. The van der Waals surface area contributed by atoms with Crippen molar-refractivity contribution in [2.24, 2.45) is 0 Å². The first kappa shape index (κ1) is 15.0. The summed E-state index contributed by atoms with van der Waals surface area (Å²) < 4.78 is 1.05. The monoisotopic (exact) mass is 289 g/mol. The lowest BCUT2D eigenvalue weighted by atomic mass is 10.2. The zero-order valence-electron chi connectivity index (χ0n) is 12.2. The van der Waals surface area contributed by atoms with Crippen LogP contribution in [0.4, 0.5) is 0 Å². The summed E-state index contributed by atoms with van der Waals surface area (Å²) >= 11 is 0. The van der Waals surface area contributed by atoms with E-state index in [0.29, 0.717) is 10.8 Å². The van der Waals surface area contributed by atoms with E-state index in [1.807, 2.05) is 13.8 Å². The minimum atomic E-state index is -0.375. The lowest BCUT2D eigenvalue weighted by Crippen LogP contribution is -2.39. The van der Waals surface area contributed by atoms with E-state index in [4.69, 9.17) is 0 Å². The van der Waals surface area contributed by atoms with Gasteiger partial charge in [-0.1, -0.05) is 25.5 Å². The van der Waals surface area contributed by atoms with Gasteiger partial charge in [0.1, 0.15) is 6.54 Å². The Labute approximate surface area is 121 Å². The Bertz CT molecular complexity index is 761. The van der Waals surface area contributed by atoms with Gasteiger partial charge in [-0.05, 0) is 25.5 Å². The number of fused-ring (bicyclic) bond motifs is 1. The molecular formula is C15H19N3O3. The highest BCUT2D eigenvalue weighted by molar-refractivity contribution is 5.81. The number of amides is 1. The van der Waals surface area contributed by atoms with Crippen molar-refractivity contribution in [3.05, 3.63) is 45.0 Å². The van der Waals surface area contributed by atoms with E-state index in [9.17, 15) is 14.4 Å². The molecule has 0 fully saturated rings. The number of carbonyl (C=O) groups excluding carboxylic acids is 1. The molecule has 2 N–H and O–H groups in total. The van der Waals surface area contributed by atoms with E-state index in [0.717, 1.165) is 17.5 Å². The Kier molecular flexibility index (Phi) is 4.57. The average Bonchev–Trinajstić information content (AvgIpc) is 2.44. The van der Waals surface area contributed by atoms with Gasteiger partial charge >= 0.3 is 0 Å². The summed E-state index contributed by atoms with van der Waals surface area (Å²) in [5.74, 6) is -0.288. The number of nitrogens with zero attached hydrogens (tertiary/aromatic N) is 1. The van der Waals surface area contributed by atoms with Gasteiger partial charge in [0.05, 0.1) is 10.8 Å². The fourth-order valence-corrected chi connectivity index (χ4v) is 2.33. The maximum absolute atomic E-state index is 12.2. The number of nitrogens with one attached hydrogen (secondary N) is 2. The Morgan fingerprint density at radius 2 is 1.95 bits per heavy atom. The van der Waals surface area contributed by atoms with E-state index in [2.05, 4.69) is 10.4 Å². The van der Waals surface area contributed by atoms with Gasteiger partial charge in [0, 0.05) is 6.04 Å². The zero-order chi connectivity index (χ0) is 15.4. The number of aromatic amines is 1. The minimum Gasteiger partial charge on any atom is -0.352 e. The molecule has 1 heterocycles. The van der Waals surface area contributed by atoms with Crippen LogP contribution in [-0.2, 0) is 11.3 Å². The molecule has 2 aromatic rings. The molecule has 0 aliphatic rings. The molecular weight excluding hydrogens is 270 g/mol. The Morgan fingerprint density at radius 3 is 2.62 bits per heavy atom. The molecule has 0 aliphatic carbocycles. The van der Waals surface area contributed by atoms with Gasteiger partial charge in [0.2, 0.25) is 5.91 Å². The van der Waals surface area contributed by atoms with E-state index >= 15 is 0 Å². The van der Waals surface area contributed by atoms with Gasteiger partial charge in [0.25, 0.3) is 11.1 Å². The third-order valence-electron chi connectivity index (χ3n) is 3.31. The number of H-pyrrole nitrogens is 1. The van der Waals surface area contributed by atoms with Crippen molar-refractivity contribution in [2.45, 2.75) is 39.3 Å². The van der Waals surface area contributed by atoms with Crippen LogP contribution in [0.1, 0.15) is 26.7 Å². The number of hydrogen-bond acceptors (Lipinski definition) is 3. The second kappa shape index (κ2) is 6.39. The largest absolute Gasteiger partial charge is 0.352 e. The van der Waals surface area contributed by atoms with E-state index in [-0.39, 0.29) is 29.6 Å². The molecule has 6 nitrogen and oxygen atoms in total. The molecule has 1 aromatic heterocycles. The van der Waals surface area contributed by atoms with Gasteiger partial charge in [0.15, 0.2) is 0 Å². The Hall–Kier alpha value is -2.37. The van der Waals surface area contributed by atoms with Gasteiger partial charge in [-0.25, -0.2) is 4.68 Å². The van der Waals surface area contributed by atoms with Crippen LogP contribution in [0.25, 0.3) is 10.8 Å². The van der Waals surface area contributed by atoms with Gasteiger partial charge < -0.3 is 5.32 Å². The predicted octanol–water partition coefficient (Wildman–Crippen LogP) is 0.995. The van der Waals surface area contributed by atoms with Crippen molar-refractivity contribution in [3.63, 3.8) is 0 Å². The van der Waals surface area contributed by atoms with Crippen molar-refractivity contribution < 1.29 is 4.79 Å². The first-order chi connectivity index (χ1) is 10.0. The molecule has 112 valence electrons. The van der Waals surface area contributed by atoms with E-state index in [1.54, 1.807) is 24.3 Å². The molecule has 1 atom stereocenters. The van der Waals surface area contributed by atoms with E-state index in [1.165, 1.54) is 0 Å². The molecule has 0 saturated heterocycles. The Balaban J connectivity index is 2.27. The molecule has 0 radical (unpaired) electrons. The standard InChI is InChI=1S/C15H19N3O3/c1-3-6-10(2)16-13(19)9-18-15(21)12-8-5-4-7-11(12)14(20)17-18/h4-5,7-8,10H,3,6,9H2,1-2H3,(H,16,19)(H,17,20). The maximum atomic E-state index is 12.2. The van der Waals surface area contributed by atoms with Crippen molar-refractivity contribution in [2.75, 3.05) is 0 Å². The van der Waals surface area contributed by atoms with E-state index < -0.39 is 0 Å². The summed E-state index contributed by atoms with van der Waals surface area (Å²) in [6, 6.07) is 6.60. The molecule has 1 aromatic carbocycles. The van der Waals surface area contributed by atoms with Gasteiger partial charge in [-0.2, -0.15) is 0 Å². The zero-order valence-corrected chi connectivity index (χ0v) is 12.2. The second-order valence-corrected chi connectivity index (χ2v) is 5.14. The predicted molar refractivity (Wildman–Crippen MR) is 81.3 cm³/mol. The van der Waals surface area contributed by atoms with Crippen LogP contribution in [0.15, 0.2) is 33.9 Å². The van der Waals surface area contributed by atoms with Crippen LogP contribution in [0.2, 0.25) is 0 Å². The van der Waals surface area contributed by atoms with Crippen molar-refractivity contribution in [1.82, 2.24) is 15.1 Å². The fourth-order valence-electron chi connectivity index (χ4n) is 2.33. The highest BCUT2D eigenvalue weighted by Gasteiger charge is 2.11. The third kappa shape index (κ3) is 3.39. The number of carbonyl (C=O) groups is 1. The smallest absolute Gasteiger partial charge is 0.273 e.